The van der Waals surface area contributed by atoms with Crippen LogP contribution >= 0.6 is 0 Å². The van der Waals surface area contributed by atoms with Crippen molar-refractivity contribution in [3.05, 3.63) is 13.2 Å². The summed E-state index contributed by atoms with van der Waals surface area (Å²) in [5.74, 6) is 2.43. The number of hydrogen-bond acceptors (Lipinski definition) is 0. The molecule has 2 rings (SSSR count). The molecule has 8 heavy (non-hydrogen) atoms. The monoisotopic (exact) mass is 110 g/mol. The van der Waals surface area contributed by atoms with Crippen LogP contribution in [0.2, 0.25) is 0 Å². The number of fused-ring (bicyclic) bond motifs is 1. The summed E-state index contributed by atoms with van der Waals surface area (Å²) in [6.45, 7) is 6.00. The third-order valence-electron chi connectivity index (χ3n) is 2.48. The lowest BCUT2D eigenvalue weighted by molar-refractivity contribution is 0.0548. The molecule has 0 N–H and O–H groups in total. The lowest BCUT2D eigenvalue weighted by atomic mass is 9.60. The van der Waals surface area contributed by atoms with Gasteiger partial charge < -0.3 is 0 Å². The fourth-order valence-corrected chi connectivity index (χ4v) is 1.56. The molecule has 0 heterocycles. The molecule has 0 aromatic heterocycles. The molecule has 0 amide bonds. The molecule has 0 bridgehead atoms. The molecular formula is C8H14. The lowest BCUT2D eigenvalue weighted by Gasteiger charge is -2.46. The molecule has 2 aliphatic rings. The van der Waals surface area contributed by atoms with Crippen molar-refractivity contribution >= 4 is 0 Å². The van der Waals surface area contributed by atoms with Crippen molar-refractivity contribution in [1.29, 1.82) is 0 Å². The summed E-state index contributed by atoms with van der Waals surface area (Å²) >= 11 is 0. The Kier molecular flexibility index (Phi) is 1.72. The van der Waals surface area contributed by atoms with Gasteiger partial charge in [-0.05, 0) is 37.5 Å². The van der Waals surface area contributed by atoms with Crippen molar-refractivity contribution in [1.82, 2.24) is 0 Å². The van der Waals surface area contributed by atoms with Crippen LogP contribution in [0.5, 0.6) is 0 Å². The third-order valence-corrected chi connectivity index (χ3v) is 2.48. The van der Waals surface area contributed by atoms with Crippen LogP contribution in [0.15, 0.2) is 13.2 Å². The van der Waals surface area contributed by atoms with Gasteiger partial charge in [-0.1, -0.05) is 0 Å². The summed E-state index contributed by atoms with van der Waals surface area (Å²) in [6, 6.07) is 0. The molecule has 0 atom stereocenters. The second kappa shape index (κ2) is 2.34. The highest BCUT2D eigenvalue weighted by atomic mass is 14.4. The van der Waals surface area contributed by atoms with E-state index < -0.39 is 0 Å². The molecule has 0 radical (unpaired) electrons. The second-order valence-electron chi connectivity index (χ2n) is 2.67. The van der Waals surface area contributed by atoms with E-state index in [0.717, 1.165) is 0 Å². The zero-order valence-electron chi connectivity index (χ0n) is 5.40. The Morgan fingerprint density at radius 3 is 1.00 bits per heavy atom. The maximum Gasteiger partial charge on any atom is -0.0386 e. The third kappa shape index (κ3) is 0.683. The van der Waals surface area contributed by atoms with Crippen LogP contribution in [0, 0.1) is 11.8 Å². The van der Waals surface area contributed by atoms with Crippen molar-refractivity contribution in [2.24, 2.45) is 11.8 Å². The van der Waals surface area contributed by atoms with Gasteiger partial charge >= 0.3 is 0 Å². The Morgan fingerprint density at radius 2 is 1.00 bits per heavy atom. The van der Waals surface area contributed by atoms with E-state index in [1.807, 2.05) is 0 Å². The Balaban J connectivity index is 0.000000147. The summed E-state index contributed by atoms with van der Waals surface area (Å²) in [4.78, 5) is 0. The molecule has 0 unspecified atom stereocenters. The number of hydrogen-bond donors (Lipinski definition) is 0. The maximum atomic E-state index is 3.00. The van der Waals surface area contributed by atoms with Gasteiger partial charge in [-0.15, -0.1) is 13.2 Å². The van der Waals surface area contributed by atoms with Crippen molar-refractivity contribution in [2.45, 2.75) is 25.7 Å². The highest BCUT2D eigenvalue weighted by Gasteiger charge is 2.37. The van der Waals surface area contributed by atoms with E-state index in [2.05, 4.69) is 13.2 Å². The Bertz CT molecular complexity index is 58.1. The van der Waals surface area contributed by atoms with E-state index in [1.54, 1.807) is 25.7 Å². The molecule has 0 heteroatoms. The molecule has 2 saturated carbocycles. The predicted molar refractivity (Wildman–Crippen MR) is 36.7 cm³/mol. The van der Waals surface area contributed by atoms with Crippen LogP contribution in [-0.4, -0.2) is 0 Å². The molecule has 0 aliphatic heterocycles. The fourth-order valence-electron chi connectivity index (χ4n) is 1.56. The second-order valence-corrected chi connectivity index (χ2v) is 2.67. The average Bonchev–Trinajstić information content (AvgIpc) is 1.83. The van der Waals surface area contributed by atoms with E-state index in [4.69, 9.17) is 0 Å². The fraction of sp³-hybridized carbons (Fsp3) is 0.750. The van der Waals surface area contributed by atoms with Crippen molar-refractivity contribution in [3.8, 4) is 0 Å². The number of rotatable bonds is 0. The van der Waals surface area contributed by atoms with Crippen LogP contribution in [0.25, 0.3) is 0 Å². The zero-order valence-corrected chi connectivity index (χ0v) is 5.40. The molecule has 0 saturated heterocycles. The van der Waals surface area contributed by atoms with Crippen LogP contribution < -0.4 is 0 Å². The molecule has 0 nitrogen and oxygen atoms in total. The Hall–Kier alpha value is -0.260. The standard InChI is InChI=1S/C6H10.C2H4/c1-2-6-4-3-5(1)6;1-2/h5-6H,1-4H2;1-2H2. The highest BCUT2D eigenvalue weighted by Crippen LogP contribution is 2.49. The predicted octanol–water partition coefficient (Wildman–Crippen LogP) is 2.61. The van der Waals surface area contributed by atoms with Gasteiger partial charge in [0.15, 0.2) is 0 Å². The van der Waals surface area contributed by atoms with E-state index >= 15 is 0 Å². The lowest BCUT2D eigenvalue weighted by Crippen LogP contribution is -2.34. The molecule has 2 fully saturated rings. The van der Waals surface area contributed by atoms with Crippen molar-refractivity contribution in [2.75, 3.05) is 0 Å². The van der Waals surface area contributed by atoms with E-state index in [0.29, 0.717) is 0 Å². The maximum absolute atomic E-state index is 3.00. The summed E-state index contributed by atoms with van der Waals surface area (Å²) in [5, 5.41) is 0. The Labute approximate surface area is 51.6 Å². The average molecular weight is 110 g/mol. The summed E-state index contributed by atoms with van der Waals surface area (Å²) in [7, 11) is 0. The van der Waals surface area contributed by atoms with Crippen LogP contribution in [0.3, 0.4) is 0 Å². The quantitative estimate of drug-likeness (QED) is 0.420. The topological polar surface area (TPSA) is 0 Å². The minimum atomic E-state index is 1.21. The first-order valence-electron chi connectivity index (χ1n) is 3.47. The summed E-state index contributed by atoms with van der Waals surface area (Å²) in [5.41, 5.74) is 0. The highest BCUT2D eigenvalue weighted by molar-refractivity contribution is 4.89. The first kappa shape index (κ1) is 5.87. The van der Waals surface area contributed by atoms with Crippen LogP contribution in [0.1, 0.15) is 25.7 Å². The normalized spacial score (nSPS) is 39.5. The van der Waals surface area contributed by atoms with Gasteiger partial charge in [0.1, 0.15) is 0 Å². The Morgan fingerprint density at radius 1 is 0.750 bits per heavy atom. The molecule has 2 aliphatic carbocycles. The largest absolute Gasteiger partial charge is 0.106 e. The van der Waals surface area contributed by atoms with Crippen LogP contribution in [0.4, 0.5) is 0 Å². The van der Waals surface area contributed by atoms with E-state index in [1.165, 1.54) is 11.8 Å². The minimum absolute atomic E-state index is 1.21. The first-order chi connectivity index (χ1) is 3.97. The van der Waals surface area contributed by atoms with Crippen LogP contribution in [-0.2, 0) is 0 Å². The molecule has 0 aromatic carbocycles. The SMILES string of the molecule is C1CC2CCC12.C=C. The van der Waals surface area contributed by atoms with Gasteiger partial charge in [-0.3, -0.25) is 0 Å². The molecule has 0 spiro atoms. The first-order valence-corrected chi connectivity index (χ1v) is 3.47. The van der Waals surface area contributed by atoms with Gasteiger partial charge in [0.25, 0.3) is 0 Å². The molecule has 0 aromatic rings. The summed E-state index contributed by atoms with van der Waals surface area (Å²) < 4.78 is 0. The van der Waals surface area contributed by atoms with Gasteiger partial charge in [-0.2, -0.15) is 0 Å². The minimum Gasteiger partial charge on any atom is -0.106 e. The van der Waals surface area contributed by atoms with Crippen molar-refractivity contribution in [3.63, 3.8) is 0 Å². The van der Waals surface area contributed by atoms with Gasteiger partial charge in [0.05, 0.1) is 0 Å². The summed E-state index contributed by atoms with van der Waals surface area (Å²) in [6.07, 6.45) is 6.24. The molecule has 46 valence electrons. The smallest absolute Gasteiger partial charge is 0.0386 e. The van der Waals surface area contributed by atoms with Crippen molar-refractivity contribution < 1.29 is 0 Å². The van der Waals surface area contributed by atoms with Gasteiger partial charge in [0.2, 0.25) is 0 Å². The zero-order chi connectivity index (χ0) is 5.98. The van der Waals surface area contributed by atoms with Gasteiger partial charge in [-0.25, -0.2) is 0 Å². The molecular weight excluding hydrogens is 96.1 g/mol. The van der Waals surface area contributed by atoms with Gasteiger partial charge in [0, 0.05) is 0 Å². The van der Waals surface area contributed by atoms with E-state index in [9.17, 15) is 0 Å². The van der Waals surface area contributed by atoms with E-state index in [-0.39, 0.29) is 0 Å².